The summed E-state index contributed by atoms with van der Waals surface area (Å²) in [6.45, 7) is 2.30. The lowest BCUT2D eigenvalue weighted by Crippen LogP contribution is -2.16. The van der Waals surface area contributed by atoms with E-state index < -0.39 is 0 Å². The van der Waals surface area contributed by atoms with Gasteiger partial charge in [-0.3, -0.25) is 10.1 Å². The maximum absolute atomic E-state index is 12.2. The lowest BCUT2D eigenvalue weighted by molar-refractivity contribution is -0.116. The minimum absolute atomic E-state index is 0.196. The van der Waals surface area contributed by atoms with Crippen molar-refractivity contribution in [1.82, 2.24) is 14.6 Å². The van der Waals surface area contributed by atoms with Gasteiger partial charge in [0.1, 0.15) is 11.5 Å². The second kappa shape index (κ2) is 8.32. The number of carbonyl (C=O) groups is 1. The van der Waals surface area contributed by atoms with Crippen LogP contribution in [-0.2, 0) is 4.79 Å². The van der Waals surface area contributed by atoms with Gasteiger partial charge >= 0.3 is 0 Å². The molecule has 8 heteroatoms. The van der Waals surface area contributed by atoms with E-state index in [-0.39, 0.29) is 24.9 Å². The monoisotopic (exact) mass is 408 g/mol. The van der Waals surface area contributed by atoms with Crippen molar-refractivity contribution < 1.29 is 14.3 Å². The van der Waals surface area contributed by atoms with Gasteiger partial charge < -0.3 is 9.47 Å². The zero-order valence-corrected chi connectivity index (χ0v) is 16.9. The lowest BCUT2D eigenvalue weighted by Gasteiger charge is -2.06. The summed E-state index contributed by atoms with van der Waals surface area (Å²) in [5.41, 5.74) is 3.01. The fraction of sp³-hybridized carbons (Fsp3) is 0.190. The van der Waals surface area contributed by atoms with Crippen molar-refractivity contribution >= 4 is 28.2 Å². The smallest absolute Gasteiger partial charge is 0.250 e. The van der Waals surface area contributed by atoms with Crippen molar-refractivity contribution in [2.45, 2.75) is 13.3 Å². The Balaban J connectivity index is 1.40. The second-order valence-corrected chi connectivity index (χ2v) is 7.28. The average Bonchev–Trinajstić information content (AvgIpc) is 3.29. The quantitative estimate of drug-likeness (QED) is 0.496. The van der Waals surface area contributed by atoms with Gasteiger partial charge in [0.25, 0.3) is 0 Å². The standard InChI is InChI=1S/C21H20N4O3S/c1-14-6-8-16(9-7-14)28-11-10-19(26)22-20-23-21-25(24-20)18(13-29-21)15-4-3-5-17(12-15)27-2/h3-9,12-13H,10-11H2,1-2H3,(H,22,24,26). The minimum atomic E-state index is -0.196. The Morgan fingerprint density at radius 2 is 2.00 bits per heavy atom. The van der Waals surface area contributed by atoms with Crippen molar-refractivity contribution in [1.29, 1.82) is 0 Å². The van der Waals surface area contributed by atoms with Crippen LogP contribution in [0.5, 0.6) is 11.5 Å². The molecule has 0 atom stereocenters. The molecule has 0 saturated heterocycles. The number of aromatic nitrogens is 3. The van der Waals surface area contributed by atoms with Crippen LogP contribution in [0.25, 0.3) is 16.2 Å². The van der Waals surface area contributed by atoms with E-state index in [0.717, 1.165) is 28.3 Å². The first-order valence-electron chi connectivity index (χ1n) is 9.10. The number of aryl methyl sites for hydroxylation is 1. The van der Waals surface area contributed by atoms with Gasteiger partial charge in [0.2, 0.25) is 16.8 Å². The summed E-state index contributed by atoms with van der Waals surface area (Å²) in [5.74, 6) is 1.59. The average molecular weight is 408 g/mol. The van der Waals surface area contributed by atoms with Gasteiger partial charge in [-0.25, -0.2) is 4.52 Å². The van der Waals surface area contributed by atoms with Crippen LogP contribution >= 0.6 is 11.3 Å². The van der Waals surface area contributed by atoms with Gasteiger partial charge in [-0.2, -0.15) is 4.98 Å². The summed E-state index contributed by atoms with van der Waals surface area (Å²) in [7, 11) is 1.63. The second-order valence-electron chi connectivity index (χ2n) is 6.44. The molecule has 0 saturated carbocycles. The van der Waals surface area contributed by atoms with Crippen LogP contribution < -0.4 is 14.8 Å². The Bertz CT molecular complexity index is 1130. The summed E-state index contributed by atoms with van der Waals surface area (Å²) in [6.07, 6.45) is 0.212. The molecule has 148 valence electrons. The molecular formula is C21H20N4O3S. The van der Waals surface area contributed by atoms with Crippen LogP contribution in [0.4, 0.5) is 5.95 Å². The fourth-order valence-electron chi connectivity index (χ4n) is 2.80. The number of rotatable bonds is 7. The number of nitrogens with one attached hydrogen (secondary N) is 1. The SMILES string of the molecule is COc1cccc(-c2csc3nc(NC(=O)CCOc4ccc(C)cc4)nn23)c1. The fourth-order valence-corrected chi connectivity index (χ4v) is 3.63. The van der Waals surface area contributed by atoms with E-state index in [1.165, 1.54) is 11.3 Å². The lowest BCUT2D eigenvalue weighted by atomic mass is 10.2. The Morgan fingerprint density at radius 3 is 2.79 bits per heavy atom. The molecule has 0 aliphatic heterocycles. The topological polar surface area (TPSA) is 77.8 Å². The van der Waals surface area contributed by atoms with Crippen molar-refractivity contribution in [2.75, 3.05) is 19.0 Å². The van der Waals surface area contributed by atoms with Gasteiger partial charge in [-0.15, -0.1) is 16.4 Å². The number of methoxy groups -OCH3 is 1. The van der Waals surface area contributed by atoms with Gasteiger partial charge in [0.15, 0.2) is 0 Å². The first kappa shape index (κ1) is 18.9. The molecule has 1 amide bonds. The number of fused-ring (bicyclic) bond motifs is 1. The van der Waals surface area contributed by atoms with Crippen LogP contribution in [0, 0.1) is 6.92 Å². The third-order valence-electron chi connectivity index (χ3n) is 4.32. The van der Waals surface area contributed by atoms with Crippen molar-refractivity contribution in [2.24, 2.45) is 0 Å². The van der Waals surface area contributed by atoms with Crippen LogP contribution in [0.3, 0.4) is 0 Å². The predicted molar refractivity (Wildman–Crippen MR) is 113 cm³/mol. The summed E-state index contributed by atoms with van der Waals surface area (Å²) >= 11 is 1.46. The molecule has 0 radical (unpaired) electrons. The zero-order chi connectivity index (χ0) is 20.2. The maximum Gasteiger partial charge on any atom is 0.250 e. The van der Waals surface area contributed by atoms with E-state index in [9.17, 15) is 4.79 Å². The Morgan fingerprint density at radius 1 is 1.17 bits per heavy atom. The summed E-state index contributed by atoms with van der Waals surface area (Å²) in [4.78, 5) is 17.3. The third-order valence-corrected chi connectivity index (χ3v) is 5.13. The van der Waals surface area contributed by atoms with E-state index in [1.54, 1.807) is 11.6 Å². The number of nitrogens with zero attached hydrogens (tertiary/aromatic N) is 3. The number of carbonyl (C=O) groups excluding carboxylic acids is 1. The molecule has 0 bridgehead atoms. The third kappa shape index (κ3) is 4.38. The Hall–Kier alpha value is -3.39. The first-order valence-corrected chi connectivity index (χ1v) is 9.98. The van der Waals surface area contributed by atoms with Crippen molar-refractivity contribution in [3.05, 3.63) is 59.5 Å². The van der Waals surface area contributed by atoms with Gasteiger partial charge in [-0.1, -0.05) is 29.8 Å². The molecule has 4 aromatic rings. The van der Waals surface area contributed by atoms with Gasteiger partial charge in [0.05, 0.1) is 25.8 Å². The molecule has 1 N–H and O–H groups in total. The molecule has 2 heterocycles. The Labute approximate surface area is 171 Å². The van der Waals surface area contributed by atoms with E-state index in [1.807, 2.05) is 60.8 Å². The first-order chi connectivity index (χ1) is 14.1. The van der Waals surface area contributed by atoms with Crippen LogP contribution in [-0.4, -0.2) is 34.2 Å². The molecule has 0 aliphatic carbocycles. The van der Waals surface area contributed by atoms with E-state index in [0.29, 0.717) is 4.96 Å². The van der Waals surface area contributed by atoms with E-state index in [4.69, 9.17) is 9.47 Å². The summed E-state index contributed by atoms with van der Waals surface area (Å²) in [5, 5.41) is 9.13. The number of thiazole rings is 1. The molecular weight excluding hydrogens is 388 g/mol. The summed E-state index contributed by atoms with van der Waals surface area (Å²) < 4.78 is 12.6. The highest BCUT2D eigenvalue weighted by atomic mass is 32.1. The number of anilines is 1. The highest BCUT2D eigenvalue weighted by molar-refractivity contribution is 7.15. The van der Waals surface area contributed by atoms with Gasteiger partial charge in [-0.05, 0) is 31.2 Å². The zero-order valence-electron chi connectivity index (χ0n) is 16.1. The largest absolute Gasteiger partial charge is 0.497 e. The molecule has 4 rings (SSSR count). The molecule has 2 aromatic heterocycles. The van der Waals surface area contributed by atoms with Crippen molar-refractivity contribution in [3.63, 3.8) is 0 Å². The number of hydrogen-bond acceptors (Lipinski definition) is 6. The minimum Gasteiger partial charge on any atom is -0.497 e. The molecule has 0 spiro atoms. The van der Waals surface area contributed by atoms with Gasteiger partial charge in [0, 0.05) is 10.9 Å². The number of hydrogen-bond donors (Lipinski definition) is 1. The molecule has 0 aliphatic rings. The normalized spacial score (nSPS) is 10.8. The Kier molecular flexibility index (Phi) is 5.44. The molecule has 7 nitrogen and oxygen atoms in total. The predicted octanol–water partition coefficient (Wildman–Crippen LogP) is 4.18. The van der Waals surface area contributed by atoms with Crippen LogP contribution in [0.2, 0.25) is 0 Å². The number of amides is 1. The molecule has 2 aromatic carbocycles. The highest BCUT2D eigenvalue weighted by Crippen LogP contribution is 2.28. The van der Waals surface area contributed by atoms with Crippen LogP contribution in [0.15, 0.2) is 53.9 Å². The molecule has 0 fully saturated rings. The molecule has 29 heavy (non-hydrogen) atoms. The summed E-state index contributed by atoms with van der Waals surface area (Å²) in [6, 6.07) is 15.4. The van der Waals surface area contributed by atoms with E-state index in [2.05, 4.69) is 15.4 Å². The van der Waals surface area contributed by atoms with E-state index >= 15 is 0 Å². The highest BCUT2D eigenvalue weighted by Gasteiger charge is 2.14. The number of benzene rings is 2. The van der Waals surface area contributed by atoms with Crippen molar-refractivity contribution in [3.8, 4) is 22.8 Å². The maximum atomic E-state index is 12.2. The van der Waals surface area contributed by atoms with Crippen LogP contribution in [0.1, 0.15) is 12.0 Å². The molecule has 0 unspecified atom stereocenters. The number of ether oxygens (including phenoxy) is 2.